The fourth-order valence-electron chi connectivity index (χ4n) is 5.68. The number of hydrogen-bond donors (Lipinski definition) is 0. The molecule has 4 heterocycles. The molecule has 3 aromatic heterocycles. The molecule has 7 aromatic rings. The van der Waals surface area contributed by atoms with Gasteiger partial charge in [-0.05, 0) is 48.4 Å². The van der Waals surface area contributed by atoms with E-state index in [-0.39, 0.29) is 0 Å². The Balaban J connectivity index is 1.47. The summed E-state index contributed by atoms with van der Waals surface area (Å²) in [5, 5.41) is 5.30. The Bertz CT molecular complexity index is 1990. The molecule has 0 unspecified atom stereocenters. The van der Waals surface area contributed by atoms with Crippen molar-refractivity contribution in [3.63, 3.8) is 0 Å². The van der Waals surface area contributed by atoms with Crippen molar-refractivity contribution in [2.75, 3.05) is 0 Å². The highest BCUT2D eigenvalue weighted by atomic mass is 16.5. The van der Waals surface area contributed by atoms with Crippen molar-refractivity contribution < 1.29 is 18.1 Å². The Morgan fingerprint density at radius 1 is 0.743 bits per heavy atom. The van der Waals surface area contributed by atoms with Crippen LogP contribution in [0.2, 0.25) is 0 Å². The number of rotatable bonds is 1. The molecule has 0 aliphatic carbocycles. The molecule has 1 aliphatic heterocycles. The molecule has 0 saturated heterocycles. The lowest BCUT2D eigenvalue weighted by molar-refractivity contribution is -0.659. The SMILES string of the molecule is Cc1c2c(cc3ccoc13)Oc1cc3c4ccc(-c5ccccc5)cc4oc3c3cc[n+](C)c-2c13. The molecule has 4 aromatic carbocycles. The predicted molar refractivity (Wildman–Crippen MR) is 138 cm³/mol. The van der Waals surface area contributed by atoms with Gasteiger partial charge in [0.15, 0.2) is 6.20 Å². The monoisotopic (exact) mass is 454 g/mol. The minimum Gasteiger partial charge on any atom is -0.464 e. The third-order valence-electron chi connectivity index (χ3n) is 7.33. The third-order valence-corrected chi connectivity index (χ3v) is 7.33. The molecule has 1 aliphatic rings. The van der Waals surface area contributed by atoms with Crippen molar-refractivity contribution >= 4 is 43.7 Å². The Kier molecular flexibility index (Phi) is 3.50. The Labute approximate surface area is 200 Å². The maximum Gasteiger partial charge on any atom is 0.228 e. The smallest absolute Gasteiger partial charge is 0.228 e. The second kappa shape index (κ2) is 6.51. The lowest BCUT2D eigenvalue weighted by Crippen LogP contribution is -2.31. The van der Waals surface area contributed by atoms with E-state index in [0.717, 1.165) is 77.6 Å². The molecule has 0 radical (unpaired) electrons. The molecule has 35 heavy (non-hydrogen) atoms. The first-order chi connectivity index (χ1) is 17.2. The van der Waals surface area contributed by atoms with Crippen molar-refractivity contribution in [1.29, 1.82) is 0 Å². The van der Waals surface area contributed by atoms with Crippen molar-refractivity contribution in [3.8, 4) is 33.9 Å². The number of benzene rings is 4. The van der Waals surface area contributed by atoms with Crippen LogP contribution < -0.4 is 9.30 Å². The molecule has 0 atom stereocenters. The van der Waals surface area contributed by atoms with Gasteiger partial charge in [0.1, 0.15) is 40.7 Å². The van der Waals surface area contributed by atoms with Crippen LogP contribution in [0.4, 0.5) is 0 Å². The number of ether oxygens (including phenoxy) is 1. The molecular formula is C31H20NO3+. The van der Waals surface area contributed by atoms with E-state index < -0.39 is 0 Å². The van der Waals surface area contributed by atoms with Crippen LogP contribution >= 0.6 is 0 Å². The summed E-state index contributed by atoms with van der Waals surface area (Å²) < 4.78 is 21.1. The number of fused-ring (bicyclic) bond motifs is 7. The summed E-state index contributed by atoms with van der Waals surface area (Å²) in [6.07, 6.45) is 3.84. The third kappa shape index (κ3) is 2.43. The molecule has 4 heteroatoms. The number of furan rings is 2. The summed E-state index contributed by atoms with van der Waals surface area (Å²) in [7, 11) is 2.08. The van der Waals surface area contributed by atoms with Crippen LogP contribution in [0.3, 0.4) is 0 Å². The van der Waals surface area contributed by atoms with Crippen LogP contribution in [0.25, 0.3) is 66.1 Å². The largest absolute Gasteiger partial charge is 0.464 e. The highest BCUT2D eigenvalue weighted by Crippen LogP contribution is 2.51. The lowest BCUT2D eigenvalue weighted by Gasteiger charge is -2.20. The first-order valence-corrected chi connectivity index (χ1v) is 11.7. The summed E-state index contributed by atoms with van der Waals surface area (Å²) in [6, 6.07) is 25.2. The average molecular weight is 455 g/mol. The Hall–Kier alpha value is -4.57. The van der Waals surface area contributed by atoms with Gasteiger partial charge in [0.25, 0.3) is 0 Å². The standard InChI is InChI=1S/C31H20NO3/c1-17-27-25(15-20-11-13-33-30(17)20)34-26-16-23-21-9-8-19(18-6-4-3-5-7-18)14-24(21)35-31(23)22-10-12-32(2)29(27)28(22)26/h3-16H,1-2H3/q+1. The molecule has 0 spiro atoms. The van der Waals surface area contributed by atoms with E-state index in [9.17, 15) is 0 Å². The summed E-state index contributed by atoms with van der Waals surface area (Å²) in [5.74, 6) is 1.70. The molecular weight excluding hydrogens is 434 g/mol. The average Bonchev–Trinajstić information content (AvgIpc) is 3.50. The second-order valence-electron chi connectivity index (χ2n) is 9.31. The quantitative estimate of drug-likeness (QED) is 0.236. The molecule has 166 valence electrons. The van der Waals surface area contributed by atoms with Gasteiger partial charge < -0.3 is 13.6 Å². The molecule has 0 N–H and O–H groups in total. The molecule has 8 rings (SSSR count). The molecule has 0 fully saturated rings. The number of aryl methyl sites for hydroxylation is 2. The van der Waals surface area contributed by atoms with Gasteiger partial charge in [-0.15, -0.1) is 0 Å². The van der Waals surface area contributed by atoms with E-state index in [1.807, 2.05) is 12.1 Å². The van der Waals surface area contributed by atoms with Gasteiger partial charge in [0.05, 0.1) is 11.8 Å². The first-order valence-electron chi connectivity index (χ1n) is 11.7. The number of aromatic nitrogens is 1. The van der Waals surface area contributed by atoms with Crippen LogP contribution in [0, 0.1) is 6.92 Å². The maximum atomic E-state index is 6.59. The van der Waals surface area contributed by atoms with E-state index >= 15 is 0 Å². The summed E-state index contributed by atoms with van der Waals surface area (Å²) in [5.41, 5.74) is 8.22. The predicted octanol–water partition coefficient (Wildman–Crippen LogP) is 8.06. The van der Waals surface area contributed by atoms with Crippen LogP contribution in [0.5, 0.6) is 11.5 Å². The summed E-state index contributed by atoms with van der Waals surface area (Å²) >= 11 is 0. The van der Waals surface area contributed by atoms with E-state index in [1.54, 1.807) is 6.26 Å². The van der Waals surface area contributed by atoms with Gasteiger partial charge in [0, 0.05) is 33.2 Å². The van der Waals surface area contributed by atoms with Crippen molar-refractivity contribution in [2.24, 2.45) is 7.05 Å². The van der Waals surface area contributed by atoms with Gasteiger partial charge >= 0.3 is 0 Å². The van der Waals surface area contributed by atoms with Crippen LogP contribution in [-0.2, 0) is 7.05 Å². The number of hydrogen-bond acceptors (Lipinski definition) is 3. The van der Waals surface area contributed by atoms with Gasteiger partial charge in [-0.1, -0.05) is 36.4 Å². The van der Waals surface area contributed by atoms with Crippen LogP contribution in [0.1, 0.15) is 5.56 Å². The Morgan fingerprint density at radius 2 is 1.63 bits per heavy atom. The van der Waals surface area contributed by atoms with E-state index in [0.29, 0.717) is 0 Å². The Morgan fingerprint density at radius 3 is 2.51 bits per heavy atom. The summed E-state index contributed by atoms with van der Waals surface area (Å²) in [6.45, 7) is 2.10. The summed E-state index contributed by atoms with van der Waals surface area (Å²) in [4.78, 5) is 0. The number of pyridine rings is 1. The first kappa shape index (κ1) is 18.8. The topological polar surface area (TPSA) is 39.4 Å². The van der Waals surface area contributed by atoms with Crippen molar-refractivity contribution in [2.45, 2.75) is 6.92 Å². The van der Waals surface area contributed by atoms with Gasteiger partial charge in [-0.25, -0.2) is 4.57 Å². The van der Waals surface area contributed by atoms with Gasteiger partial charge in [-0.2, -0.15) is 0 Å². The van der Waals surface area contributed by atoms with Crippen molar-refractivity contribution in [3.05, 3.63) is 90.8 Å². The minimum absolute atomic E-state index is 0.850. The normalized spacial score (nSPS) is 12.5. The van der Waals surface area contributed by atoms with Gasteiger partial charge in [-0.3, -0.25) is 0 Å². The molecule has 4 nitrogen and oxygen atoms in total. The molecule has 0 bridgehead atoms. The zero-order valence-corrected chi connectivity index (χ0v) is 19.3. The van der Waals surface area contributed by atoms with E-state index in [4.69, 9.17) is 13.6 Å². The minimum atomic E-state index is 0.850. The maximum absolute atomic E-state index is 6.59. The highest BCUT2D eigenvalue weighted by molar-refractivity contribution is 6.20. The van der Waals surface area contributed by atoms with Gasteiger partial charge in [0.2, 0.25) is 5.69 Å². The highest BCUT2D eigenvalue weighted by Gasteiger charge is 2.32. The molecule has 0 saturated carbocycles. The zero-order chi connectivity index (χ0) is 23.3. The van der Waals surface area contributed by atoms with E-state index in [1.165, 1.54) is 5.56 Å². The van der Waals surface area contributed by atoms with Crippen LogP contribution in [-0.4, -0.2) is 0 Å². The zero-order valence-electron chi connectivity index (χ0n) is 19.3. The van der Waals surface area contributed by atoms with Crippen molar-refractivity contribution in [1.82, 2.24) is 0 Å². The van der Waals surface area contributed by atoms with E-state index in [2.05, 4.69) is 85.4 Å². The lowest BCUT2D eigenvalue weighted by atomic mass is 9.93. The second-order valence-corrected chi connectivity index (χ2v) is 9.31. The van der Waals surface area contributed by atoms with Crippen LogP contribution in [0.15, 0.2) is 94.1 Å². The fourth-order valence-corrected chi connectivity index (χ4v) is 5.68. The number of nitrogens with zero attached hydrogens (tertiary/aromatic N) is 1. The fraction of sp³-hybridized carbons (Fsp3) is 0.0645. The molecule has 0 amide bonds.